The first-order valence-corrected chi connectivity index (χ1v) is 4.42. The molecule has 0 spiro atoms. The zero-order valence-corrected chi connectivity index (χ0v) is 7.93. The van der Waals surface area contributed by atoms with Crippen LogP contribution in [0.15, 0.2) is 41.2 Å². The van der Waals surface area contributed by atoms with Crippen molar-refractivity contribution >= 4 is 0 Å². The van der Waals surface area contributed by atoms with E-state index in [1.54, 1.807) is 12.5 Å². The molecule has 2 rings (SSSR count). The molecule has 0 atom stereocenters. The molecule has 72 valence electrons. The van der Waals surface area contributed by atoms with Gasteiger partial charge >= 0.3 is 0 Å². The Hall–Kier alpha value is -1.77. The Bertz CT molecular complexity index is 395. The molecule has 1 aromatic heterocycles. The summed E-state index contributed by atoms with van der Waals surface area (Å²) in [6, 6.07) is 7.93. The number of ether oxygens (including phenoxy) is 1. The second kappa shape index (κ2) is 3.96. The summed E-state index contributed by atoms with van der Waals surface area (Å²) in [7, 11) is 0. The summed E-state index contributed by atoms with van der Waals surface area (Å²) in [5.74, 6) is 0.867. The van der Waals surface area contributed by atoms with E-state index in [4.69, 9.17) is 9.26 Å². The van der Waals surface area contributed by atoms with E-state index in [2.05, 4.69) is 5.16 Å². The molecule has 0 aliphatic carbocycles. The van der Waals surface area contributed by atoms with E-state index in [9.17, 15) is 0 Å². The molecule has 1 aromatic carbocycles. The molecule has 0 unspecified atom stereocenters. The molecule has 0 bridgehead atoms. The zero-order chi connectivity index (χ0) is 9.80. The summed E-state index contributed by atoms with van der Waals surface area (Å²) >= 11 is 0. The van der Waals surface area contributed by atoms with E-state index in [0.717, 1.165) is 11.3 Å². The Labute approximate surface area is 82.3 Å². The fraction of sp³-hybridized carbons (Fsp3) is 0.182. The Kier molecular flexibility index (Phi) is 2.49. The molecule has 3 nitrogen and oxygen atoms in total. The molecule has 14 heavy (non-hydrogen) atoms. The van der Waals surface area contributed by atoms with Gasteiger partial charge in [-0.15, -0.1) is 0 Å². The van der Waals surface area contributed by atoms with Crippen LogP contribution in [0, 0.1) is 6.92 Å². The second-order valence-corrected chi connectivity index (χ2v) is 3.14. The summed E-state index contributed by atoms with van der Waals surface area (Å²) in [6.07, 6.45) is 3.23. The van der Waals surface area contributed by atoms with Gasteiger partial charge in [0.25, 0.3) is 0 Å². The van der Waals surface area contributed by atoms with Crippen LogP contribution >= 0.6 is 0 Å². The van der Waals surface area contributed by atoms with E-state index in [1.807, 2.05) is 31.2 Å². The van der Waals surface area contributed by atoms with Crippen molar-refractivity contribution in [1.82, 2.24) is 5.16 Å². The highest BCUT2D eigenvalue weighted by molar-refractivity contribution is 5.27. The van der Waals surface area contributed by atoms with Crippen molar-refractivity contribution in [3.63, 3.8) is 0 Å². The Morgan fingerprint density at radius 2 is 2.36 bits per heavy atom. The lowest BCUT2D eigenvalue weighted by Gasteiger charge is -2.04. The predicted molar refractivity (Wildman–Crippen MR) is 52.0 cm³/mol. The van der Waals surface area contributed by atoms with Gasteiger partial charge in [0.15, 0.2) is 0 Å². The summed E-state index contributed by atoms with van der Waals surface area (Å²) in [4.78, 5) is 0. The maximum absolute atomic E-state index is 5.53. The van der Waals surface area contributed by atoms with Gasteiger partial charge in [-0.05, 0) is 24.6 Å². The largest absolute Gasteiger partial charge is 0.489 e. The average Bonchev–Trinajstić information content (AvgIpc) is 2.67. The quantitative estimate of drug-likeness (QED) is 0.744. The highest BCUT2D eigenvalue weighted by Crippen LogP contribution is 2.14. The van der Waals surface area contributed by atoms with Crippen LogP contribution in [-0.4, -0.2) is 5.16 Å². The van der Waals surface area contributed by atoms with Gasteiger partial charge in [-0.25, -0.2) is 0 Å². The van der Waals surface area contributed by atoms with Crippen LogP contribution in [0.5, 0.6) is 5.75 Å². The number of hydrogen-bond donors (Lipinski definition) is 0. The molecular formula is C11H11NO2. The molecule has 0 radical (unpaired) electrons. The highest BCUT2D eigenvalue weighted by Gasteiger charge is 1.97. The molecule has 0 saturated heterocycles. The molecule has 0 aliphatic rings. The smallest absolute Gasteiger partial charge is 0.130 e. The Morgan fingerprint density at radius 3 is 3.07 bits per heavy atom. The van der Waals surface area contributed by atoms with Crippen LogP contribution in [0.3, 0.4) is 0 Å². The van der Waals surface area contributed by atoms with Gasteiger partial charge in [-0.1, -0.05) is 17.3 Å². The molecular weight excluding hydrogens is 178 g/mol. The summed E-state index contributed by atoms with van der Waals surface area (Å²) in [5, 5.41) is 3.60. The molecule has 0 saturated carbocycles. The van der Waals surface area contributed by atoms with E-state index < -0.39 is 0 Å². The fourth-order valence-electron chi connectivity index (χ4n) is 1.17. The van der Waals surface area contributed by atoms with Crippen LogP contribution in [0.4, 0.5) is 0 Å². The van der Waals surface area contributed by atoms with Crippen molar-refractivity contribution in [2.75, 3.05) is 0 Å². The first-order valence-electron chi connectivity index (χ1n) is 4.42. The third kappa shape index (κ3) is 2.13. The van der Waals surface area contributed by atoms with E-state index in [-0.39, 0.29) is 0 Å². The van der Waals surface area contributed by atoms with Crippen molar-refractivity contribution in [1.29, 1.82) is 0 Å². The maximum atomic E-state index is 5.53. The van der Waals surface area contributed by atoms with Gasteiger partial charge in [-0.2, -0.15) is 0 Å². The monoisotopic (exact) mass is 189 g/mol. The average molecular weight is 189 g/mol. The fourth-order valence-corrected chi connectivity index (χ4v) is 1.17. The lowest BCUT2D eigenvalue weighted by atomic mass is 10.2. The Morgan fingerprint density at radius 1 is 1.43 bits per heavy atom. The van der Waals surface area contributed by atoms with Crippen LogP contribution in [-0.2, 0) is 6.61 Å². The Balaban J connectivity index is 1.98. The number of benzene rings is 1. The third-order valence-corrected chi connectivity index (χ3v) is 1.88. The second-order valence-electron chi connectivity index (χ2n) is 3.14. The van der Waals surface area contributed by atoms with Gasteiger partial charge < -0.3 is 9.26 Å². The summed E-state index contributed by atoms with van der Waals surface area (Å²) in [6.45, 7) is 2.53. The molecule has 1 heterocycles. The minimum Gasteiger partial charge on any atom is -0.489 e. The lowest BCUT2D eigenvalue weighted by Crippen LogP contribution is -1.93. The van der Waals surface area contributed by atoms with E-state index >= 15 is 0 Å². The standard InChI is InChI=1S/C11H11NO2/c1-9-3-2-4-11(5-9)13-7-10-6-12-14-8-10/h2-6,8H,7H2,1H3. The number of aromatic nitrogens is 1. The van der Waals surface area contributed by atoms with Crippen molar-refractivity contribution in [2.24, 2.45) is 0 Å². The van der Waals surface area contributed by atoms with Crippen LogP contribution in [0.25, 0.3) is 0 Å². The van der Waals surface area contributed by atoms with Gasteiger partial charge in [0.1, 0.15) is 18.6 Å². The number of nitrogens with zero attached hydrogens (tertiary/aromatic N) is 1. The highest BCUT2D eigenvalue weighted by atomic mass is 16.5. The van der Waals surface area contributed by atoms with Crippen molar-refractivity contribution in [2.45, 2.75) is 13.5 Å². The molecule has 0 N–H and O–H groups in total. The van der Waals surface area contributed by atoms with Gasteiger partial charge in [0, 0.05) is 5.56 Å². The normalized spacial score (nSPS) is 10.1. The van der Waals surface area contributed by atoms with Crippen molar-refractivity contribution < 1.29 is 9.26 Å². The number of hydrogen-bond acceptors (Lipinski definition) is 3. The van der Waals surface area contributed by atoms with E-state index in [0.29, 0.717) is 6.61 Å². The maximum Gasteiger partial charge on any atom is 0.130 e. The lowest BCUT2D eigenvalue weighted by molar-refractivity contribution is 0.304. The molecule has 2 aromatic rings. The third-order valence-electron chi connectivity index (χ3n) is 1.88. The van der Waals surface area contributed by atoms with Crippen molar-refractivity contribution in [3.8, 4) is 5.75 Å². The SMILES string of the molecule is Cc1cccc(OCc2cnoc2)c1. The van der Waals surface area contributed by atoms with Crippen LogP contribution < -0.4 is 4.74 Å². The minimum atomic E-state index is 0.493. The summed E-state index contributed by atoms with van der Waals surface area (Å²) < 4.78 is 10.2. The zero-order valence-electron chi connectivity index (χ0n) is 7.93. The van der Waals surface area contributed by atoms with Gasteiger partial charge in [0.2, 0.25) is 0 Å². The first-order chi connectivity index (χ1) is 6.84. The van der Waals surface area contributed by atoms with Gasteiger partial charge in [-0.3, -0.25) is 0 Å². The molecule has 3 heteroatoms. The molecule has 0 fully saturated rings. The molecule has 0 aliphatic heterocycles. The summed E-state index contributed by atoms with van der Waals surface area (Å²) in [5.41, 5.74) is 2.12. The van der Waals surface area contributed by atoms with E-state index in [1.165, 1.54) is 5.56 Å². The molecule has 0 amide bonds. The van der Waals surface area contributed by atoms with Crippen LogP contribution in [0.1, 0.15) is 11.1 Å². The first kappa shape index (κ1) is 8.81. The topological polar surface area (TPSA) is 35.3 Å². The van der Waals surface area contributed by atoms with Gasteiger partial charge in [0.05, 0.1) is 6.20 Å². The number of aryl methyl sites for hydroxylation is 1. The number of rotatable bonds is 3. The predicted octanol–water partition coefficient (Wildman–Crippen LogP) is 2.56. The van der Waals surface area contributed by atoms with Crippen LogP contribution in [0.2, 0.25) is 0 Å². The minimum absolute atomic E-state index is 0.493. The van der Waals surface area contributed by atoms with Crippen molar-refractivity contribution in [3.05, 3.63) is 47.9 Å².